The van der Waals surface area contributed by atoms with E-state index >= 15 is 0 Å². The molecule has 0 saturated carbocycles. The largest absolute Gasteiger partial charge is 0.417 e. The number of amides is 1. The molecule has 32 heavy (non-hydrogen) atoms. The molecule has 0 unspecified atom stereocenters. The lowest BCUT2D eigenvalue weighted by Crippen LogP contribution is -2.26. The number of aliphatic imine (C=N–C) groups is 1. The van der Waals surface area contributed by atoms with Gasteiger partial charge in [0.15, 0.2) is 23.3 Å². The van der Waals surface area contributed by atoms with Crippen molar-refractivity contribution in [2.45, 2.75) is 12.4 Å². The summed E-state index contributed by atoms with van der Waals surface area (Å²) < 4.78 is 80.1. The highest BCUT2D eigenvalue weighted by molar-refractivity contribution is 6.04. The van der Waals surface area contributed by atoms with Gasteiger partial charge in [-0.05, 0) is 12.1 Å². The van der Waals surface area contributed by atoms with Gasteiger partial charge < -0.3 is 27.2 Å². The number of hydrogen-bond donors (Lipinski definition) is 4. The number of aromatic nitrogens is 2. The Morgan fingerprint density at radius 2 is 1.75 bits per heavy atom. The third kappa shape index (κ3) is 5.35. The Morgan fingerprint density at radius 1 is 1.12 bits per heavy atom. The molecule has 15 heteroatoms. The van der Waals surface area contributed by atoms with Crippen molar-refractivity contribution in [1.82, 2.24) is 9.97 Å². The Hall–Kier alpha value is -3.62. The number of rotatable bonds is 5. The van der Waals surface area contributed by atoms with Crippen molar-refractivity contribution in [2.24, 2.45) is 16.5 Å². The normalized spacial score (nSPS) is 11.9. The molecule has 0 atom stereocenters. The standard InChI is InChI=1S/C17H17F6N7O2/c1-30(4-5-31)13-10(27-11(12(24)28-13)14(32)29-15(25)26)8-3-2-7(16(18,19)20)6-9(8)17(21,22)23/h2-3,6,31H,4-5H2,1H3,(H2,24,28)(H4,25,26,29,32). The van der Waals surface area contributed by atoms with E-state index in [-0.39, 0.29) is 18.4 Å². The number of hydrogen-bond acceptors (Lipinski definition) is 6. The Morgan fingerprint density at radius 3 is 2.25 bits per heavy atom. The van der Waals surface area contributed by atoms with Crippen LogP contribution in [0, 0.1) is 0 Å². The summed E-state index contributed by atoms with van der Waals surface area (Å²) in [5.74, 6) is -2.80. The smallest absolute Gasteiger partial charge is 0.395 e. The van der Waals surface area contributed by atoms with E-state index in [0.29, 0.717) is 12.1 Å². The monoisotopic (exact) mass is 465 g/mol. The summed E-state index contributed by atoms with van der Waals surface area (Å²) in [5, 5.41) is 9.15. The number of aliphatic hydroxyl groups excluding tert-OH is 1. The topological polar surface area (TPSA) is 157 Å². The minimum absolute atomic E-state index is 0.0826. The Kier molecular flexibility index (Phi) is 6.82. The zero-order chi connectivity index (χ0) is 24.4. The number of aliphatic hydroxyl groups is 1. The van der Waals surface area contributed by atoms with Gasteiger partial charge in [-0.25, -0.2) is 9.97 Å². The SMILES string of the molecule is CN(CCO)c1nc(N)c(C(=O)N=C(N)N)nc1-c1ccc(C(F)(F)F)cc1C(F)(F)F. The molecule has 9 nitrogen and oxygen atoms in total. The summed E-state index contributed by atoms with van der Waals surface area (Å²) in [4.78, 5) is 24.2. The van der Waals surface area contributed by atoms with Gasteiger partial charge in [0.1, 0.15) is 5.69 Å². The molecule has 174 valence electrons. The molecule has 2 rings (SSSR count). The van der Waals surface area contributed by atoms with Crippen LogP contribution in [-0.2, 0) is 12.4 Å². The number of halogens is 6. The van der Waals surface area contributed by atoms with Crippen LogP contribution in [0.15, 0.2) is 23.2 Å². The van der Waals surface area contributed by atoms with Crippen LogP contribution in [0.2, 0.25) is 0 Å². The molecular weight excluding hydrogens is 448 g/mol. The van der Waals surface area contributed by atoms with Gasteiger partial charge in [-0.2, -0.15) is 31.3 Å². The van der Waals surface area contributed by atoms with Crippen molar-refractivity contribution in [3.63, 3.8) is 0 Å². The summed E-state index contributed by atoms with van der Waals surface area (Å²) in [7, 11) is 1.32. The van der Waals surface area contributed by atoms with Crippen molar-refractivity contribution in [3.8, 4) is 11.3 Å². The van der Waals surface area contributed by atoms with Gasteiger partial charge in [0.25, 0.3) is 0 Å². The predicted molar refractivity (Wildman–Crippen MR) is 102 cm³/mol. The molecule has 2 aromatic rings. The highest BCUT2D eigenvalue weighted by atomic mass is 19.4. The van der Waals surface area contributed by atoms with Crippen LogP contribution in [0.3, 0.4) is 0 Å². The van der Waals surface area contributed by atoms with Crippen molar-refractivity contribution in [1.29, 1.82) is 0 Å². The third-order valence-electron chi connectivity index (χ3n) is 4.04. The van der Waals surface area contributed by atoms with Gasteiger partial charge in [-0.1, -0.05) is 6.07 Å². The van der Waals surface area contributed by atoms with Crippen molar-refractivity contribution in [2.75, 3.05) is 30.8 Å². The summed E-state index contributed by atoms with van der Waals surface area (Å²) in [6.45, 7) is -0.602. The molecule has 0 spiro atoms. The molecule has 1 aromatic carbocycles. The van der Waals surface area contributed by atoms with E-state index in [1.807, 2.05) is 0 Å². The number of likely N-dealkylation sites (N-methyl/N-ethyl adjacent to an activating group) is 1. The van der Waals surface area contributed by atoms with Crippen molar-refractivity contribution in [3.05, 3.63) is 35.0 Å². The Bertz CT molecular complexity index is 1050. The minimum Gasteiger partial charge on any atom is -0.395 e. The first-order valence-electron chi connectivity index (χ1n) is 8.59. The molecular formula is C17H17F6N7O2. The number of carbonyl (C=O) groups is 1. The van der Waals surface area contributed by atoms with Gasteiger partial charge in [0.05, 0.1) is 17.7 Å². The van der Waals surface area contributed by atoms with E-state index in [1.54, 1.807) is 0 Å². The van der Waals surface area contributed by atoms with Crippen LogP contribution >= 0.6 is 0 Å². The molecule has 1 amide bonds. The lowest BCUT2D eigenvalue weighted by molar-refractivity contribution is -0.142. The average Bonchev–Trinajstić information content (AvgIpc) is 2.65. The van der Waals surface area contributed by atoms with Crippen LogP contribution in [-0.4, -0.2) is 47.1 Å². The molecule has 0 aliphatic rings. The van der Waals surface area contributed by atoms with Crippen LogP contribution in [0.5, 0.6) is 0 Å². The maximum absolute atomic E-state index is 13.7. The van der Waals surface area contributed by atoms with E-state index < -0.39 is 64.7 Å². The van der Waals surface area contributed by atoms with E-state index in [4.69, 9.17) is 22.3 Å². The molecule has 7 N–H and O–H groups in total. The summed E-state index contributed by atoms with van der Waals surface area (Å²) in [5.41, 5.74) is 10.5. The van der Waals surface area contributed by atoms with Gasteiger partial charge in [-0.3, -0.25) is 4.79 Å². The fourth-order valence-electron chi connectivity index (χ4n) is 2.63. The van der Waals surface area contributed by atoms with Gasteiger partial charge in [-0.15, -0.1) is 0 Å². The molecule has 0 aliphatic heterocycles. The van der Waals surface area contributed by atoms with Crippen LogP contribution < -0.4 is 22.1 Å². The van der Waals surface area contributed by atoms with Crippen LogP contribution in [0.25, 0.3) is 11.3 Å². The number of guanidine groups is 1. The maximum Gasteiger partial charge on any atom is 0.417 e. The number of benzene rings is 1. The quantitative estimate of drug-likeness (QED) is 0.295. The summed E-state index contributed by atoms with van der Waals surface area (Å²) >= 11 is 0. The van der Waals surface area contributed by atoms with E-state index in [2.05, 4.69) is 15.0 Å². The fourth-order valence-corrected chi connectivity index (χ4v) is 2.63. The fraction of sp³-hybridized carbons (Fsp3) is 0.294. The van der Waals surface area contributed by atoms with Crippen molar-refractivity contribution < 1.29 is 36.2 Å². The lowest BCUT2D eigenvalue weighted by atomic mass is 9.99. The van der Waals surface area contributed by atoms with E-state index in [9.17, 15) is 31.1 Å². The van der Waals surface area contributed by atoms with Crippen LogP contribution in [0.4, 0.5) is 38.0 Å². The van der Waals surface area contributed by atoms with Gasteiger partial charge in [0, 0.05) is 19.2 Å². The predicted octanol–water partition coefficient (Wildman–Crippen LogP) is 1.61. The zero-order valence-corrected chi connectivity index (χ0v) is 16.3. The summed E-state index contributed by atoms with van der Waals surface area (Å²) in [6, 6.07) is 0.896. The summed E-state index contributed by atoms with van der Waals surface area (Å²) in [6.07, 6.45) is -10.3. The second-order valence-corrected chi connectivity index (χ2v) is 6.37. The number of alkyl halides is 6. The first-order chi connectivity index (χ1) is 14.7. The molecule has 0 radical (unpaired) electrons. The molecule has 1 aromatic heterocycles. The number of carbonyl (C=O) groups excluding carboxylic acids is 1. The highest BCUT2D eigenvalue weighted by Gasteiger charge is 2.39. The lowest BCUT2D eigenvalue weighted by Gasteiger charge is -2.23. The average molecular weight is 465 g/mol. The van der Waals surface area contributed by atoms with Gasteiger partial charge >= 0.3 is 18.3 Å². The first-order valence-corrected chi connectivity index (χ1v) is 8.59. The second-order valence-electron chi connectivity index (χ2n) is 6.37. The van der Waals surface area contributed by atoms with Crippen LogP contribution in [0.1, 0.15) is 21.6 Å². The van der Waals surface area contributed by atoms with Gasteiger partial charge in [0.2, 0.25) is 0 Å². The highest BCUT2D eigenvalue weighted by Crippen LogP contribution is 2.42. The molecule has 0 saturated heterocycles. The minimum atomic E-state index is -5.23. The Labute approximate surface area is 176 Å². The second kappa shape index (κ2) is 8.86. The van der Waals surface area contributed by atoms with Crippen molar-refractivity contribution >= 4 is 23.5 Å². The number of anilines is 2. The molecule has 1 heterocycles. The number of nitrogens with two attached hydrogens (primary N) is 3. The molecule has 0 bridgehead atoms. The molecule has 0 aliphatic carbocycles. The number of nitrogens with zero attached hydrogens (tertiary/aromatic N) is 4. The van der Waals surface area contributed by atoms with E-state index in [1.165, 1.54) is 7.05 Å². The zero-order valence-electron chi connectivity index (χ0n) is 16.3. The first kappa shape index (κ1) is 24.6. The van der Waals surface area contributed by atoms with E-state index in [0.717, 1.165) is 4.90 Å². The third-order valence-corrected chi connectivity index (χ3v) is 4.04. The Balaban J connectivity index is 2.90. The molecule has 0 fully saturated rings. The number of nitrogen functional groups attached to an aromatic ring is 1. The maximum atomic E-state index is 13.7.